The van der Waals surface area contributed by atoms with Crippen LogP contribution in [0.4, 0.5) is 5.69 Å². The van der Waals surface area contributed by atoms with Crippen molar-refractivity contribution in [2.75, 3.05) is 11.9 Å². The summed E-state index contributed by atoms with van der Waals surface area (Å²) in [4.78, 5) is 36.2. The highest BCUT2D eigenvalue weighted by atomic mass is 16.5. The van der Waals surface area contributed by atoms with Gasteiger partial charge in [-0.3, -0.25) is 19.6 Å². The van der Waals surface area contributed by atoms with Crippen molar-refractivity contribution < 1.29 is 24.7 Å². The number of benzene rings is 3. The van der Waals surface area contributed by atoms with Gasteiger partial charge in [0.25, 0.3) is 11.8 Å². The Morgan fingerprint density at radius 2 is 1.46 bits per heavy atom. The van der Waals surface area contributed by atoms with Gasteiger partial charge in [-0.1, -0.05) is 54.6 Å². The van der Waals surface area contributed by atoms with Crippen molar-refractivity contribution >= 4 is 23.4 Å². The van der Waals surface area contributed by atoms with Gasteiger partial charge in [0.1, 0.15) is 6.04 Å². The van der Waals surface area contributed by atoms with Crippen molar-refractivity contribution in [3.63, 3.8) is 0 Å². The molecule has 3 amide bonds. The molecule has 2 unspecified atom stereocenters. The zero-order chi connectivity index (χ0) is 25.2. The molecule has 0 aliphatic rings. The molecule has 0 spiro atoms. The largest absolute Gasteiger partial charge is 0.391 e. The maximum Gasteiger partial charge on any atom is 0.268 e. The van der Waals surface area contributed by atoms with Crippen LogP contribution in [0, 0.1) is 0 Å². The molecule has 3 aromatic carbocycles. The van der Waals surface area contributed by atoms with Crippen molar-refractivity contribution in [3.05, 3.63) is 90.0 Å². The SMILES string of the molecule is CC(O)C(NC(=O)c1ccc(-c2ccc(NC(=O)CNCc3ccccc3)cc2)cc1)C(=O)NO. The molecule has 0 saturated carbocycles. The number of hydroxylamine groups is 1. The molecule has 0 heterocycles. The zero-order valence-corrected chi connectivity index (χ0v) is 19.2. The third kappa shape index (κ3) is 7.47. The molecule has 0 aliphatic heterocycles. The lowest BCUT2D eigenvalue weighted by Gasteiger charge is -2.19. The van der Waals surface area contributed by atoms with E-state index in [0.717, 1.165) is 16.7 Å². The van der Waals surface area contributed by atoms with E-state index in [9.17, 15) is 19.5 Å². The van der Waals surface area contributed by atoms with Gasteiger partial charge in [-0.25, -0.2) is 5.48 Å². The van der Waals surface area contributed by atoms with Crippen LogP contribution in [0.1, 0.15) is 22.8 Å². The fourth-order valence-electron chi connectivity index (χ4n) is 3.38. The molecular weight excluding hydrogens is 448 g/mol. The first-order valence-electron chi connectivity index (χ1n) is 11.0. The summed E-state index contributed by atoms with van der Waals surface area (Å²) in [5, 5.41) is 26.8. The molecule has 0 radical (unpaired) electrons. The van der Waals surface area contributed by atoms with Crippen molar-refractivity contribution in [2.24, 2.45) is 0 Å². The van der Waals surface area contributed by atoms with E-state index < -0.39 is 24.0 Å². The second kappa shape index (κ2) is 12.4. The topological polar surface area (TPSA) is 140 Å². The van der Waals surface area contributed by atoms with E-state index in [-0.39, 0.29) is 18.0 Å². The zero-order valence-electron chi connectivity index (χ0n) is 19.2. The quantitative estimate of drug-likeness (QED) is 0.196. The summed E-state index contributed by atoms with van der Waals surface area (Å²) in [7, 11) is 0. The van der Waals surface area contributed by atoms with E-state index in [1.807, 2.05) is 42.5 Å². The lowest BCUT2D eigenvalue weighted by atomic mass is 10.0. The van der Waals surface area contributed by atoms with E-state index >= 15 is 0 Å². The first-order valence-corrected chi connectivity index (χ1v) is 11.0. The van der Waals surface area contributed by atoms with E-state index in [1.165, 1.54) is 12.4 Å². The van der Waals surface area contributed by atoms with E-state index in [2.05, 4.69) is 16.0 Å². The minimum absolute atomic E-state index is 0.144. The first-order chi connectivity index (χ1) is 16.9. The first kappa shape index (κ1) is 25.6. The molecule has 9 heteroatoms. The Balaban J connectivity index is 1.53. The number of hydrogen-bond donors (Lipinski definition) is 6. The van der Waals surface area contributed by atoms with Gasteiger partial charge >= 0.3 is 0 Å². The van der Waals surface area contributed by atoms with Crippen LogP contribution in [0.15, 0.2) is 78.9 Å². The Labute approximate surface area is 203 Å². The number of nitrogens with one attached hydrogen (secondary N) is 4. The number of amides is 3. The molecule has 6 N–H and O–H groups in total. The molecule has 3 rings (SSSR count). The maximum atomic E-state index is 12.4. The van der Waals surface area contributed by atoms with E-state index in [0.29, 0.717) is 12.2 Å². The minimum atomic E-state index is -1.29. The van der Waals surface area contributed by atoms with Gasteiger partial charge < -0.3 is 21.1 Å². The van der Waals surface area contributed by atoms with Crippen LogP contribution in [-0.2, 0) is 16.1 Å². The predicted octanol–water partition coefficient (Wildman–Crippen LogP) is 2.07. The van der Waals surface area contributed by atoms with Crippen molar-refractivity contribution in [3.8, 4) is 11.1 Å². The molecule has 0 aromatic heterocycles. The molecule has 3 aromatic rings. The maximum absolute atomic E-state index is 12.4. The van der Waals surface area contributed by atoms with Crippen molar-refractivity contribution in [1.82, 2.24) is 16.1 Å². The van der Waals surface area contributed by atoms with Gasteiger partial charge in [0, 0.05) is 17.8 Å². The van der Waals surface area contributed by atoms with Gasteiger partial charge in [0.2, 0.25) is 5.91 Å². The third-order valence-corrected chi connectivity index (χ3v) is 5.27. The molecule has 9 nitrogen and oxygen atoms in total. The number of carbonyl (C=O) groups is 3. The molecule has 35 heavy (non-hydrogen) atoms. The fourth-order valence-corrected chi connectivity index (χ4v) is 3.38. The van der Waals surface area contributed by atoms with E-state index in [4.69, 9.17) is 5.21 Å². The molecule has 2 atom stereocenters. The second-order valence-electron chi connectivity index (χ2n) is 7.96. The normalized spacial score (nSPS) is 12.3. The molecule has 182 valence electrons. The summed E-state index contributed by atoms with van der Waals surface area (Å²) in [6, 6.07) is 22.5. The Kier molecular flexibility index (Phi) is 9.08. The van der Waals surface area contributed by atoms with Crippen LogP contribution < -0.4 is 21.4 Å². The summed E-state index contributed by atoms with van der Waals surface area (Å²) >= 11 is 0. The Hall–Kier alpha value is -4.05. The lowest BCUT2D eigenvalue weighted by molar-refractivity contribution is -0.133. The minimum Gasteiger partial charge on any atom is -0.391 e. The number of rotatable bonds is 10. The molecular formula is C26H28N4O5. The molecule has 0 fully saturated rings. The van der Waals surface area contributed by atoms with Crippen LogP contribution in [-0.4, -0.2) is 46.7 Å². The Morgan fingerprint density at radius 1 is 0.857 bits per heavy atom. The highest BCUT2D eigenvalue weighted by Crippen LogP contribution is 2.22. The van der Waals surface area contributed by atoms with Crippen molar-refractivity contribution in [2.45, 2.75) is 25.6 Å². The van der Waals surface area contributed by atoms with Crippen LogP contribution in [0.25, 0.3) is 11.1 Å². The standard InChI is InChI=1S/C26H28N4O5/c1-17(31)24(26(34)30-35)29-25(33)21-9-7-19(8-10-21)20-11-13-22(14-12-20)28-23(32)16-27-15-18-5-3-2-4-6-18/h2-14,17,24,27,31,35H,15-16H2,1H3,(H,28,32)(H,29,33)(H,30,34). The average molecular weight is 477 g/mol. The molecule has 0 saturated heterocycles. The number of aliphatic hydroxyl groups is 1. The molecule has 0 bridgehead atoms. The smallest absolute Gasteiger partial charge is 0.268 e. The number of anilines is 1. The van der Waals surface area contributed by atoms with Crippen LogP contribution in [0.2, 0.25) is 0 Å². The van der Waals surface area contributed by atoms with Crippen molar-refractivity contribution in [1.29, 1.82) is 0 Å². The summed E-state index contributed by atoms with van der Waals surface area (Å²) in [6.45, 7) is 2.13. The van der Waals surface area contributed by atoms with E-state index in [1.54, 1.807) is 36.4 Å². The second-order valence-corrected chi connectivity index (χ2v) is 7.96. The van der Waals surface area contributed by atoms with Crippen LogP contribution >= 0.6 is 0 Å². The highest BCUT2D eigenvalue weighted by Gasteiger charge is 2.25. The van der Waals surface area contributed by atoms with Gasteiger partial charge in [-0.2, -0.15) is 0 Å². The number of aliphatic hydroxyl groups excluding tert-OH is 1. The number of carbonyl (C=O) groups excluding carboxylic acids is 3. The summed E-state index contributed by atoms with van der Waals surface area (Å²) in [6.07, 6.45) is -1.19. The Morgan fingerprint density at radius 3 is 2.03 bits per heavy atom. The average Bonchev–Trinajstić information content (AvgIpc) is 2.87. The Bertz CT molecular complexity index is 1130. The van der Waals surface area contributed by atoms with Crippen LogP contribution in [0.3, 0.4) is 0 Å². The summed E-state index contributed by atoms with van der Waals surface area (Å²) in [5.74, 6) is -1.62. The molecule has 0 aliphatic carbocycles. The van der Waals surface area contributed by atoms with Gasteiger partial charge in [0.05, 0.1) is 12.6 Å². The predicted molar refractivity (Wildman–Crippen MR) is 132 cm³/mol. The van der Waals surface area contributed by atoms with Gasteiger partial charge in [0.15, 0.2) is 0 Å². The highest BCUT2D eigenvalue weighted by molar-refractivity contribution is 5.98. The summed E-state index contributed by atoms with van der Waals surface area (Å²) < 4.78 is 0. The third-order valence-electron chi connectivity index (χ3n) is 5.27. The van der Waals surface area contributed by atoms with Gasteiger partial charge in [-0.05, 0) is 47.9 Å². The van der Waals surface area contributed by atoms with Gasteiger partial charge in [-0.15, -0.1) is 0 Å². The monoisotopic (exact) mass is 476 g/mol. The van der Waals surface area contributed by atoms with Crippen LogP contribution in [0.5, 0.6) is 0 Å². The fraction of sp³-hybridized carbons (Fsp3) is 0.192. The lowest BCUT2D eigenvalue weighted by Crippen LogP contribution is -2.51. The number of hydrogen-bond acceptors (Lipinski definition) is 6. The summed E-state index contributed by atoms with van der Waals surface area (Å²) in [5.41, 5.74) is 5.22.